The highest BCUT2D eigenvalue weighted by Gasteiger charge is 2.19. The Balaban J connectivity index is 4.20. The van der Waals surface area contributed by atoms with Crippen molar-refractivity contribution in [3.05, 3.63) is 109 Å². The first-order valence-corrected chi connectivity index (χ1v) is 32.9. The van der Waals surface area contributed by atoms with Gasteiger partial charge in [-0.15, -0.1) is 0 Å². The molecule has 0 aromatic carbocycles. The van der Waals surface area contributed by atoms with Gasteiger partial charge in [0, 0.05) is 19.3 Å². The van der Waals surface area contributed by atoms with Crippen LogP contribution in [0.5, 0.6) is 0 Å². The minimum absolute atomic E-state index is 0.0938. The normalized spacial score (nSPS) is 12.8. The molecule has 0 amide bonds. The number of unbranched alkanes of at least 4 members (excludes halogenated alkanes) is 30. The van der Waals surface area contributed by atoms with Crippen molar-refractivity contribution in [3.63, 3.8) is 0 Å². The second kappa shape index (κ2) is 65.6. The van der Waals surface area contributed by atoms with Gasteiger partial charge in [-0.25, -0.2) is 0 Å². The molecule has 6 nitrogen and oxygen atoms in total. The van der Waals surface area contributed by atoms with Crippen LogP contribution in [0.3, 0.4) is 0 Å². The van der Waals surface area contributed by atoms with E-state index in [4.69, 9.17) is 14.2 Å². The Morgan fingerprint density at radius 3 is 0.859 bits per heavy atom. The van der Waals surface area contributed by atoms with Crippen molar-refractivity contribution in [3.8, 4) is 0 Å². The van der Waals surface area contributed by atoms with Crippen LogP contribution in [0.15, 0.2) is 109 Å². The molecule has 0 aromatic heterocycles. The minimum atomic E-state index is -0.800. The second-order valence-electron chi connectivity index (χ2n) is 21.6. The van der Waals surface area contributed by atoms with E-state index in [2.05, 4.69) is 130 Å². The monoisotopic (exact) mass is 1080 g/mol. The van der Waals surface area contributed by atoms with Crippen LogP contribution in [0.1, 0.15) is 310 Å². The Kier molecular flexibility index (Phi) is 62.3. The zero-order valence-corrected chi connectivity index (χ0v) is 51.2. The van der Waals surface area contributed by atoms with E-state index in [1.54, 1.807) is 0 Å². The molecule has 0 bridgehead atoms. The van der Waals surface area contributed by atoms with E-state index in [1.807, 2.05) is 0 Å². The van der Waals surface area contributed by atoms with Gasteiger partial charge < -0.3 is 14.2 Å². The first-order valence-electron chi connectivity index (χ1n) is 32.9. The van der Waals surface area contributed by atoms with Crippen LogP contribution in [0.4, 0.5) is 0 Å². The molecule has 0 aromatic rings. The Bertz CT molecular complexity index is 1570. The summed E-state index contributed by atoms with van der Waals surface area (Å²) in [6.07, 6.45) is 89.8. The Morgan fingerprint density at radius 1 is 0.269 bits per heavy atom. The number of carbonyl (C=O) groups is 3. The summed E-state index contributed by atoms with van der Waals surface area (Å²) in [6, 6.07) is 0. The number of carbonyl (C=O) groups excluding carboxylic acids is 3. The van der Waals surface area contributed by atoms with Gasteiger partial charge in [0.1, 0.15) is 13.2 Å². The highest BCUT2D eigenvalue weighted by molar-refractivity contribution is 5.71. The molecule has 0 heterocycles. The van der Waals surface area contributed by atoms with Crippen LogP contribution >= 0.6 is 0 Å². The molecule has 0 aliphatic rings. The van der Waals surface area contributed by atoms with Crippen LogP contribution in [0, 0.1) is 0 Å². The molecule has 0 fully saturated rings. The predicted octanol–water partition coefficient (Wildman–Crippen LogP) is 22.6. The Morgan fingerprint density at radius 2 is 0.526 bits per heavy atom. The van der Waals surface area contributed by atoms with Gasteiger partial charge in [0.25, 0.3) is 0 Å². The van der Waals surface area contributed by atoms with E-state index in [-0.39, 0.29) is 37.5 Å². The lowest BCUT2D eigenvalue weighted by atomic mass is 10.0. The average molecular weight is 1080 g/mol. The fraction of sp³-hybridized carbons (Fsp3) is 0.708. The summed E-state index contributed by atoms with van der Waals surface area (Å²) >= 11 is 0. The fourth-order valence-electron chi connectivity index (χ4n) is 9.07. The van der Waals surface area contributed by atoms with Crippen molar-refractivity contribution in [2.24, 2.45) is 0 Å². The van der Waals surface area contributed by atoms with Crippen LogP contribution in [0.25, 0.3) is 0 Å². The molecule has 6 heteroatoms. The molecule has 1 atom stereocenters. The quantitative estimate of drug-likeness (QED) is 0.0261. The summed E-state index contributed by atoms with van der Waals surface area (Å²) in [5.41, 5.74) is 0. The molecule has 0 N–H and O–H groups in total. The third-order valence-corrected chi connectivity index (χ3v) is 14.0. The molecule has 1 unspecified atom stereocenters. The van der Waals surface area contributed by atoms with Crippen molar-refractivity contribution in [1.29, 1.82) is 0 Å². The maximum Gasteiger partial charge on any atom is 0.306 e. The minimum Gasteiger partial charge on any atom is -0.462 e. The maximum absolute atomic E-state index is 12.9. The zero-order valence-electron chi connectivity index (χ0n) is 51.2. The number of esters is 3. The Labute approximate surface area is 482 Å². The summed E-state index contributed by atoms with van der Waals surface area (Å²) in [6.45, 7) is 6.43. The number of hydrogen-bond donors (Lipinski definition) is 0. The predicted molar refractivity (Wildman–Crippen MR) is 339 cm³/mol. The molecular formula is C72H122O6. The van der Waals surface area contributed by atoms with E-state index >= 15 is 0 Å². The van der Waals surface area contributed by atoms with E-state index in [0.29, 0.717) is 12.8 Å². The topological polar surface area (TPSA) is 78.9 Å². The molecule has 0 radical (unpaired) electrons. The van der Waals surface area contributed by atoms with Crippen LogP contribution in [-0.4, -0.2) is 37.2 Å². The van der Waals surface area contributed by atoms with Gasteiger partial charge in [0.05, 0.1) is 0 Å². The van der Waals surface area contributed by atoms with Crippen LogP contribution in [-0.2, 0) is 28.6 Å². The lowest BCUT2D eigenvalue weighted by Gasteiger charge is -2.18. The standard InChI is InChI=1S/C72H122O6/c1-4-7-10-13-16-19-22-24-26-28-30-31-32-33-34-35-36-37-38-39-40-41-43-44-46-48-50-53-56-59-62-65-71(74)77-68-69(67-76-70(73)64-61-58-55-52-21-18-15-12-9-6-3)78-72(75)66-63-60-57-54-51-49-47-45-42-29-27-25-23-20-17-14-11-8-5-2/h8,11-12,15,17,20,22,24-25,27-28,30,32-33,42,45,49,51,69H,4-7,9-10,13-14,16,18-19,21,23,26,29,31,34-41,43-44,46-48,50,52-68H2,1-3H3/b11-8-,15-12-,20-17-,24-22-,27-25-,30-28-,33-32-,45-42-,51-49-. The number of ether oxygens (including phenoxy) is 3. The average Bonchev–Trinajstić information content (AvgIpc) is 3.44. The fourth-order valence-corrected chi connectivity index (χ4v) is 9.07. The van der Waals surface area contributed by atoms with Gasteiger partial charge in [0.2, 0.25) is 0 Å². The SMILES string of the molecule is CC/C=C\C/C=C\C/C=C\C/C=C\C/C=C\CCCCCC(=O)OC(COC(=O)CCCCCCC/C=C\CCC)COC(=O)CCCCCCCCCCCCCCCCCC/C=C\C/C=C\C/C=C\CCCCCCC. The Hall–Kier alpha value is -3.93. The van der Waals surface area contributed by atoms with E-state index < -0.39 is 6.10 Å². The van der Waals surface area contributed by atoms with Gasteiger partial charge in [-0.2, -0.15) is 0 Å². The molecule has 0 saturated heterocycles. The summed E-state index contributed by atoms with van der Waals surface area (Å²) in [7, 11) is 0. The van der Waals surface area contributed by atoms with Crippen molar-refractivity contribution in [1.82, 2.24) is 0 Å². The van der Waals surface area contributed by atoms with E-state index in [0.717, 1.165) is 128 Å². The molecule has 0 aliphatic carbocycles. The van der Waals surface area contributed by atoms with Gasteiger partial charge in [-0.05, 0) is 122 Å². The molecule has 78 heavy (non-hydrogen) atoms. The van der Waals surface area contributed by atoms with Crippen molar-refractivity contribution in [2.45, 2.75) is 316 Å². The van der Waals surface area contributed by atoms with Crippen LogP contribution in [0.2, 0.25) is 0 Å². The zero-order chi connectivity index (χ0) is 56.4. The summed E-state index contributed by atoms with van der Waals surface area (Å²) in [5.74, 6) is -0.932. The largest absolute Gasteiger partial charge is 0.462 e. The van der Waals surface area contributed by atoms with Gasteiger partial charge in [-0.1, -0.05) is 278 Å². The van der Waals surface area contributed by atoms with Gasteiger partial charge >= 0.3 is 17.9 Å². The summed E-state index contributed by atoms with van der Waals surface area (Å²) in [4.78, 5) is 38.2. The molecule has 446 valence electrons. The van der Waals surface area contributed by atoms with Gasteiger partial charge in [0.15, 0.2) is 6.10 Å². The smallest absolute Gasteiger partial charge is 0.306 e. The number of hydrogen-bond acceptors (Lipinski definition) is 6. The highest BCUT2D eigenvalue weighted by atomic mass is 16.6. The highest BCUT2D eigenvalue weighted by Crippen LogP contribution is 2.16. The second-order valence-corrected chi connectivity index (χ2v) is 21.6. The number of allylic oxidation sites excluding steroid dienone is 18. The molecule has 0 rings (SSSR count). The number of rotatable bonds is 59. The van der Waals surface area contributed by atoms with E-state index in [1.165, 1.54) is 141 Å². The maximum atomic E-state index is 12.9. The lowest BCUT2D eigenvalue weighted by Crippen LogP contribution is -2.30. The summed E-state index contributed by atoms with van der Waals surface area (Å²) < 4.78 is 16.9. The van der Waals surface area contributed by atoms with Gasteiger partial charge in [-0.3, -0.25) is 14.4 Å². The van der Waals surface area contributed by atoms with Crippen molar-refractivity contribution < 1.29 is 28.6 Å². The molecule has 0 saturated carbocycles. The first-order chi connectivity index (χ1) is 38.5. The summed E-state index contributed by atoms with van der Waals surface area (Å²) in [5, 5.41) is 0. The first kappa shape index (κ1) is 74.1. The van der Waals surface area contributed by atoms with Crippen molar-refractivity contribution >= 4 is 17.9 Å². The third-order valence-electron chi connectivity index (χ3n) is 14.0. The van der Waals surface area contributed by atoms with Crippen molar-refractivity contribution in [2.75, 3.05) is 13.2 Å². The molecule has 0 aliphatic heterocycles. The lowest BCUT2D eigenvalue weighted by molar-refractivity contribution is -0.167. The van der Waals surface area contributed by atoms with E-state index in [9.17, 15) is 14.4 Å². The molecular weight excluding hydrogens is 961 g/mol. The van der Waals surface area contributed by atoms with Crippen LogP contribution < -0.4 is 0 Å². The third kappa shape index (κ3) is 62.9. The molecule has 0 spiro atoms.